The van der Waals surface area contributed by atoms with Crippen LogP contribution in [0.5, 0.6) is 0 Å². The topological polar surface area (TPSA) is 49.4 Å². The highest BCUT2D eigenvalue weighted by atomic mass is 16.2. The van der Waals surface area contributed by atoms with Gasteiger partial charge in [0.15, 0.2) is 0 Å². The van der Waals surface area contributed by atoms with Crippen molar-refractivity contribution in [1.29, 1.82) is 0 Å². The maximum absolute atomic E-state index is 13.2. The van der Waals surface area contributed by atoms with Gasteiger partial charge < -0.3 is 10.2 Å². The molecule has 156 valence electrons. The van der Waals surface area contributed by atoms with Crippen LogP contribution in [0.25, 0.3) is 0 Å². The number of benzene rings is 2. The molecule has 2 aromatic carbocycles. The van der Waals surface area contributed by atoms with E-state index in [0.29, 0.717) is 25.8 Å². The van der Waals surface area contributed by atoms with Gasteiger partial charge in [-0.25, -0.2) is 0 Å². The number of aryl methyl sites for hydroxylation is 2. The molecule has 4 heteroatoms. The first-order valence-corrected chi connectivity index (χ1v) is 10.4. The van der Waals surface area contributed by atoms with Crippen molar-refractivity contribution in [2.24, 2.45) is 0 Å². The number of hydrogen-bond acceptors (Lipinski definition) is 2. The van der Waals surface area contributed by atoms with Crippen molar-refractivity contribution in [2.45, 2.75) is 72.0 Å². The highest BCUT2D eigenvalue weighted by Gasteiger charge is 2.30. The number of carbonyl (C=O) groups is 2. The third-order valence-corrected chi connectivity index (χ3v) is 4.83. The molecule has 0 spiro atoms. The minimum atomic E-state index is -0.486. The highest BCUT2D eigenvalue weighted by molar-refractivity contribution is 5.88. The maximum atomic E-state index is 13.2. The summed E-state index contributed by atoms with van der Waals surface area (Å²) in [5.74, 6) is -0.0926. The molecule has 2 amide bonds. The van der Waals surface area contributed by atoms with Crippen LogP contribution in [0.1, 0.15) is 57.2 Å². The van der Waals surface area contributed by atoms with Crippen molar-refractivity contribution in [3.63, 3.8) is 0 Å². The van der Waals surface area contributed by atoms with E-state index in [0.717, 1.165) is 11.1 Å². The summed E-state index contributed by atoms with van der Waals surface area (Å²) in [7, 11) is 0. The van der Waals surface area contributed by atoms with Gasteiger partial charge in [0.1, 0.15) is 6.04 Å². The molecule has 0 saturated carbocycles. The summed E-state index contributed by atoms with van der Waals surface area (Å²) < 4.78 is 0. The second-order valence-corrected chi connectivity index (χ2v) is 8.66. The van der Waals surface area contributed by atoms with Crippen molar-refractivity contribution in [3.8, 4) is 0 Å². The summed E-state index contributed by atoms with van der Waals surface area (Å²) in [6, 6.07) is 17.6. The molecule has 0 aromatic heterocycles. The van der Waals surface area contributed by atoms with Crippen LogP contribution in [0.4, 0.5) is 0 Å². The van der Waals surface area contributed by atoms with Crippen molar-refractivity contribution in [3.05, 3.63) is 71.3 Å². The van der Waals surface area contributed by atoms with Crippen LogP contribution in [0.15, 0.2) is 54.6 Å². The SMILES string of the molecule is CC[C@@H](C(=O)NC(C)(C)C)N(Cc1ccccc1)C(=O)CCc1ccc(C)cc1. The number of rotatable bonds is 8. The zero-order valence-electron chi connectivity index (χ0n) is 18.4. The molecule has 0 aliphatic heterocycles. The number of nitrogens with one attached hydrogen (secondary N) is 1. The Morgan fingerprint density at radius 1 is 0.966 bits per heavy atom. The average Bonchev–Trinajstić information content (AvgIpc) is 2.66. The van der Waals surface area contributed by atoms with Gasteiger partial charge in [0, 0.05) is 18.5 Å². The van der Waals surface area contributed by atoms with E-state index < -0.39 is 6.04 Å². The van der Waals surface area contributed by atoms with Crippen LogP contribution in [0.2, 0.25) is 0 Å². The van der Waals surface area contributed by atoms with E-state index in [1.165, 1.54) is 5.56 Å². The molecule has 0 aliphatic carbocycles. The molecular formula is C25H34N2O2. The predicted octanol–water partition coefficient (Wildman–Crippen LogP) is 4.65. The lowest BCUT2D eigenvalue weighted by Gasteiger charge is -2.33. The highest BCUT2D eigenvalue weighted by Crippen LogP contribution is 2.16. The van der Waals surface area contributed by atoms with Gasteiger partial charge in [-0.05, 0) is 51.7 Å². The first-order valence-electron chi connectivity index (χ1n) is 10.4. The fourth-order valence-corrected chi connectivity index (χ4v) is 3.30. The zero-order valence-corrected chi connectivity index (χ0v) is 18.4. The predicted molar refractivity (Wildman–Crippen MR) is 118 cm³/mol. The van der Waals surface area contributed by atoms with E-state index in [4.69, 9.17) is 0 Å². The Morgan fingerprint density at radius 3 is 2.14 bits per heavy atom. The quantitative estimate of drug-likeness (QED) is 0.708. The standard InChI is InChI=1S/C25H34N2O2/c1-6-22(24(29)26-25(3,4)5)27(18-21-10-8-7-9-11-21)23(28)17-16-20-14-12-19(2)13-15-20/h7-15,22H,6,16-18H2,1-5H3,(H,26,29)/t22-/m0/s1. The molecule has 1 atom stereocenters. The van der Waals surface area contributed by atoms with Crippen LogP contribution in [0, 0.1) is 6.92 Å². The summed E-state index contributed by atoms with van der Waals surface area (Å²) in [5, 5.41) is 3.04. The fraction of sp³-hybridized carbons (Fsp3) is 0.440. The molecule has 0 aliphatic rings. The molecule has 0 saturated heterocycles. The Morgan fingerprint density at radius 2 is 1.59 bits per heavy atom. The number of nitrogens with zero attached hydrogens (tertiary/aromatic N) is 1. The second kappa shape index (κ2) is 10.2. The van der Waals surface area contributed by atoms with E-state index >= 15 is 0 Å². The van der Waals surface area contributed by atoms with Gasteiger partial charge in [0.25, 0.3) is 0 Å². The van der Waals surface area contributed by atoms with Gasteiger partial charge in [-0.1, -0.05) is 67.1 Å². The second-order valence-electron chi connectivity index (χ2n) is 8.66. The third-order valence-electron chi connectivity index (χ3n) is 4.83. The van der Waals surface area contributed by atoms with Gasteiger partial charge in [-0.15, -0.1) is 0 Å². The molecule has 1 N–H and O–H groups in total. The maximum Gasteiger partial charge on any atom is 0.243 e. The van der Waals surface area contributed by atoms with E-state index in [1.807, 2.05) is 58.0 Å². The lowest BCUT2D eigenvalue weighted by Crippen LogP contribution is -2.53. The number of amides is 2. The summed E-state index contributed by atoms with van der Waals surface area (Å²) in [6.07, 6.45) is 1.63. The first-order chi connectivity index (χ1) is 13.7. The van der Waals surface area contributed by atoms with Crippen molar-refractivity contribution in [1.82, 2.24) is 10.2 Å². The minimum Gasteiger partial charge on any atom is -0.350 e. The number of hydrogen-bond donors (Lipinski definition) is 1. The van der Waals surface area contributed by atoms with Gasteiger partial charge in [-0.3, -0.25) is 9.59 Å². The molecule has 0 radical (unpaired) electrons. The van der Waals surface area contributed by atoms with E-state index in [9.17, 15) is 9.59 Å². The van der Waals surface area contributed by atoms with E-state index in [-0.39, 0.29) is 17.4 Å². The number of carbonyl (C=O) groups excluding carboxylic acids is 2. The average molecular weight is 395 g/mol. The van der Waals surface area contributed by atoms with Crippen LogP contribution < -0.4 is 5.32 Å². The first kappa shape index (κ1) is 22.7. The van der Waals surface area contributed by atoms with Gasteiger partial charge in [0.2, 0.25) is 11.8 Å². The lowest BCUT2D eigenvalue weighted by atomic mass is 10.0. The van der Waals surface area contributed by atoms with Crippen molar-refractivity contribution < 1.29 is 9.59 Å². The van der Waals surface area contributed by atoms with Crippen molar-refractivity contribution >= 4 is 11.8 Å². The zero-order chi connectivity index (χ0) is 21.4. The molecule has 0 unspecified atom stereocenters. The molecule has 0 heterocycles. The van der Waals surface area contributed by atoms with Gasteiger partial charge in [-0.2, -0.15) is 0 Å². The Hall–Kier alpha value is -2.62. The normalized spacial score (nSPS) is 12.3. The van der Waals surface area contributed by atoms with Crippen LogP contribution in [-0.2, 0) is 22.6 Å². The van der Waals surface area contributed by atoms with Gasteiger partial charge in [0.05, 0.1) is 0 Å². The minimum absolute atomic E-state index is 0.00494. The van der Waals surface area contributed by atoms with Crippen LogP contribution in [0.3, 0.4) is 0 Å². The molecular weight excluding hydrogens is 360 g/mol. The molecule has 0 fully saturated rings. The Kier molecular flexibility index (Phi) is 8.00. The summed E-state index contributed by atoms with van der Waals surface area (Å²) in [6.45, 7) is 10.3. The Balaban J connectivity index is 2.19. The monoisotopic (exact) mass is 394 g/mol. The largest absolute Gasteiger partial charge is 0.350 e. The van der Waals surface area contributed by atoms with Gasteiger partial charge >= 0.3 is 0 Å². The van der Waals surface area contributed by atoms with E-state index in [2.05, 4.69) is 36.5 Å². The van der Waals surface area contributed by atoms with Crippen LogP contribution >= 0.6 is 0 Å². The smallest absolute Gasteiger partial charge is 0.243 e. The summed E-state index contributed by atoms with van der Waals surface area (Å²) in [4.78, 5) is 27.9. The molecule has 29 heavy (non-hydrogen) atoms. The lowest BCUT2D eigenvalue weighted by molar-refractivity contribution is -0.142. The fourth-order valence-electron chi connectivity index (χ4n) is 3.30. The Labute approximate surface area is 175 Å². The van der Waals surface area contributed by atoms with Crippen LogP contribution in [-0.4, -0.2) is 28.3 Å². The molecule has 2 rings (SSSR count). The molecule has 0 bridgehead atoms. The van der Waals surface area contributed by atoms with Crippen molar-refractivity contribution in [2.75, 3.05) is 0 Å². The summed E-state index contributed by atoms with van der Waals surface area (Å²) in [5.41, 5.74) is 3.03. The Bertz CT molecular complexity index is 792. The summed E-state index contributed by atoms with van der Waals surface area (Å²) >= 11 is 0. The van der Waals surface area contributed by atoms with E-state index in [1.54, 1.807) is 4.90 Å². The third kappa shape index (κ3) is 7.37. The molecule has 2 aromatic rings. The molecule has 4 nitrogen and oxygen atoms in total.